The van der Waals surface area contributed by atoms with Gasteiger partial charge in [-0.2, -0.15) is 19.0 Å². The van der Waals surface area contributed by atoms with Gasteiger partial charge in [0, 0.05) is 46.7 Å². The third-order valence-corrected chi connectivity index (χ3v) is 5.35. The Morgan fingerprint density at radius 1 is 1.30 bits per heavy atom. The van der Waals surface area contributed by atoms with Gasteiger partial charge in [0.2, 0.25) is 0 Å². The smallest absolute Gasteiger partial charge is 0.327 e. The topological polar surface area (TPSA) is 83.7 Å². The predicted molar refractivity (Wildman–Crippen MR) is 99.7 cm³/mol. The Bertz CT molecular complexity index is 995. The number of aromatic nitrogens is 5. The van der Waals surface area contributed by atoms with E-state index >= 15 is 0 Å². The van der Waals surface area contributed by atoms with E-state index in [0.29, 0.717) is 13.0 Å². The van der Waals surface area contributed by atoms with E-state index in [-0.39, 0.29) is 18.7 Å². The molecule has 3 aromatic rings. The van der Waals surface area contributed by atoms with Crippen LogP contribution in [0.25, 0.3) is 10.4 Å². The van der Waals surface area contributed by atoms with Gasteiger partial charge in [0.05, 0.1) is 12.7 Å². The van der Waals surface area contributed by atoms with Crippen LogP contribution in [0.15, 0.2) is 47.3 Å². The molecule has 10 heteroatoms. The van der Waals surface area contributed by atoms with E-state index in [1.54, 1.807) is 11.3 Å². The summed E-state index contributed by atoms with van der Waals surface area (Å²) in [5.74, 6) is 0. The largest absolute Gasteiger partial charge is 0.346 e. The molecule has 0 spiro atoms. The Labute approximate surface area is 158 Å². The lowest BCUT2D eigenvalue weighted by molar-refractivity contribution is 0.400. The first kappa shape index (κ1) is 19.2. The molecule has 3 aromatic heterocycles. The molecule has 0 aliphatic heterocycles. The molecule has 7 nitrogen and oxygen atoms in total. The molecule has 0 atom stereocenters. The Morgan fingerprint density at radius 3 is 2.78 bits per heavy atom. The zero-order chi connectivity index (χ0) is 19.4. The SMILES string of the molecule is CCn1cc(-c2ccc(CCn3cnn(CC(CN)=C(F)F)c3=O)s2)cn1. The average molecular weight is 394 g/mol. The highest BCUT2D eigenvalue weighted by atomic mass is 32.1. The van der Waals surface area contributed by atoms with Crippen LogP contribution in [0.4, 0.5) is 8.78 Å². The number of rotatable bonds is 8. The quantitative estimate of drug-likeness (QED) is 0.636. The van der Waals surface area contributed by atoms with Gasteiger partial charge in [-0.3, -0.25) is 9.25 Å². The van der Waals surface area contributed by atoms with Gasteiger partial charge in [-0.25, -0.2) is 9.48 Å². The first-order chi connectivity index (χ1) is 13.0. The van der Waals surface area contributed by atoms with Crippen LogP contribution in [0.3, 0.4) is 0 Å². The normalized spacial score (nSPS) is 11.1. The van der Waals surface area contributed by atoms with Gasteiger partial charge in [0.1, 0.15) is 6.33 Å². The van der Waals surface area contributed by atoms with E-state index in [1.807, 2.05) is 36.1 Å². The molecular weight excluding hydrogens is 374 g/mol. The van der Waals surface area contributed by atoms with Crippen LogP contribution in [0.2, 0.25) is 0 Å². The van der Waals surface area contributed by atoms with Crippen molar-refractivity contribution in [2.24, 2.45) is 5.73 Å². The highest BCUT2D eigenvalue weighted by molar-refractivity contribution is 7.15. The average Bonchev–Trinajstić information content (AvgIpc) is 3.38. The molecule has 0 aliphatic rings. The molecule has 0 bridgehead atoms. The minimum atomic E-state index is -1.86. The molecule has 3 heterocycles. The monoisotopic (exact) mass is 394 g/mol. The van der Waals surface area contributed by atoms with Crippen LogP contribution in [0, 0.1) is 0 Å². The van der Waals surface area contributed by atoms with E-state index in [2.05, 4.69) is 10.2 Å². The van der Waals surface area contributed by atoms with E-state index in [1.165, 1.54) is 10.9 Å². The van der Waals surface area contributed by atoms with Gasteiger partial charge in [0.15, 0.2) is 0 Å². The fourth-order valence-electron chi connectivity index (χ4n) is 2.58. The van der Waals surface area contributed by atoms with Crippen molar-refractivity contribution in [2.75, 3.05) is 6.54 Å². The Morgan fingerprint density at radius 2 is 2.11 bits per heavy atom. The predicted octanol–water partition coefficient (Wildman–Crippen LogP) is 2.34. The standard InChI is InChI=1S/C17H20F2N6OS/c1-2-24-9-13(8-21-24)15-4-3-14(27-15)5-6-23-11-22-25(17(23)26)10-12(7-20)16(18)19/h3-4,8-9,11H,2,5-7,10,20H2,1H3. The lowest BCUT2D eigenvalue weighted by Gasteiger charge is -2.02. The molecule has 3 rings (SSSR count). The summed E-state index contributed by atoms with van der Waals surface area (Å²) in [6.07, 6.45) is 3.98. The van der Waals surface area contributed by atoms with Crippen molar-refractivity contribution >= 4 is 11.3 Å². The summed E-state index contributed by atoms with van der Waals surface area (Å²) in [6, 6.07) is 4.05. The van der Waals surface area contributed by atoms with Crippen LogP contribution in [-0.2, 0) is 26.1 Å². The lowest BCUT2D eigenvalue weighted by Crippen LogP contribution is -2.27. The van der Waals surface area contributed by atoms with E-state index in [4.69, 9.17) is 5.73 Å². The van der Waals surface area contributed by atoms with Gasteiger partial charge < -0.3 is 5.73 Å². The first-order valence-electron chi connectivity index (χ1n) is 8.48. The van der Waals surface area contributed by atoms with Crippen LogP contribution in [0.5, 0.6) is 0 Å². The molecule has 0 saturated heterocycles. The van der Waals surface area contributed by atoms with Crippen molar-refractivity contribution in [1.29, 1.82) is 0 Å². The zero-order valence-electron chi connectivity index (χ0n) is 14.8. The molecular formula is C17H20F2N6OS. The highest BCUT2D eigenvalue weighted by Gasteiger charge is 2.11. The number of thiophene rings is 1. The van der Waals surface area contributed by atoms with Gasteiger partial charge in [0.25, 0.3) is 6.08 Å². The maximum absolute atomic E-state index is 12.7. The maximum Gasteiger partial charge on any atom is 0.346 e. The van der Waals surface area contributed by atoms with E-state index in [0.717, 1.165) is 26.5 Å². The molecule has 0 aliphatic carbocycles. The van der Waals surface area contributed by atoms with E-state index < -0.39 is 11.8 Å². The molecule has 2 N–H and O–H groups in total. The first-order valence-corrected chi connectivity index (χ1v) is 9.30. The summed E-state index contributed by atoms with van der Waals surface area (Å²) in [5.41, 5.74) is 5.62. The third kappa shape index (κ3) is 4.40. The molecule has 144 valence electrons. The van der Waals surface area contributed by atoms with Gasteiger partial charge in [-0.1, -0.05) is 0 Å². The van der Waals surface area contributed by atoms with Crippen LogP contribution in [-0.4, -0.2) is 30.7 Å². The van der Waals surface area contributed by atoms with Crippen LogP contribution >= 0.6 is 11.3 Å². The molecule has 0 fully saturated rings. The van der Waals surface area contributed by atoms with Crippen molar-refractivity contribution in [3.05, 3.63) is 57.9 Å². The van der Waals surface area contributed by atoms with Gasteiger partial charge in [-0.15, -0.1) is 11.3 Å². The summed E-state index contributed by atoms with van der Waals surface area (Å²) in [7, 11) is 0. The molecule has 0 amide bonds. The number of nitrogens with two attached hydrogens (primary N) is 1. The molecule has 27 heavy (non-hydrogen) atoms. The van der Waals surface area contributed by atoms with Crippen LogP contribution in [0.1, 0.15) is 11.8 Å². The van der Waals surface area contributed by atoms with Crippen LogP contribution < -0.4 is 11.4 Å². The van der Waals surface area contributed by atoms with Crippen molar-refractivity contribution in [3.63, 3.8) is 0 Å². The summed E-state index contributed by atoms with van der Waals surface area (Å²) in [4.78, 5) is 14.5. The fraction of sp³-hybridized carbons (Fsp3) is 0.353. The Balaban J connectivity index is 1.66. The van der Waals surface area contributed by atoms with E-state index in [9.17, 15) is 13.6 Å². The molecule has 0 unspecified atom stereocenters. The highest BCUT2D eigenvalue weighted by Crippen LogP contribution is 2.28. The second kappa shape index (κ2) is 8.40. The summed E-state index contributed by atoms with van der Waals surface area (Å²) in [6.45, 7) is 2.66. The molecule has 0 saturated carbocycles. The Hall–Kier alpha value is -2.59. The maximum atomic E-state index is 12.7. The second-order valence-corrected chi connectivity index (χ2v) is 7.10. The minimum absolute atomic E-state index is 0.294. The lowest BCUT2D eigenvalue weighted by atomic mass is 10.3. The Kier molecular flexibility index (Phi) is 5.97. The zero-order valence-corrected chi connectivity index (χ0v) is 15.6. The van der Waals surface area contributed by atoms with Crippen molar-refractivity contribution in [2.45, 2.75) is 33.0 Å². The second-order valence-electron chi connectivity index (χ2n) is 5.93. The summed E-state index contributed by atoms with van der Waals surface area (Å²) in [5, 5.41) is 8.17. The fourth-order valence-corrected chi connectivity index (χ4v) is 3.55. The van der Waals surface area contributed by atoms with Gasteiger partial charge in [-0.05, 0) is 25.5 Å². The number of hydrogen-bond donors (Lipinski definition) is 1. The number of nitrogens with zero attached hydrogens (tertiary/aromatic N) is 5. The summed E-state index contributed by atoms with van der Waals surface area (Å²) >= 11 is 1.64. The van der Waals surface area contributed by atoms with Crippen molar-refractivity contribution in [1.82, 2.24) is 24.1 Å². The summed E-state index contributed by atoms with van der Waals surface area (Å²) < 4.78 is 29.7. The minimum Gasteiger partial charge on any atom is -0.327 e. The third-order valence-electron chi connectivity index (χ3n) is 4.15. The van der Waals surface area contributed by atoms with Crippen molar-refractivity contribution in [3.8, 4) is 10.4 Å². The number of halogens is 2. The number of aryl methyl sites for hydroxylation is 3. The molecule has 0 aromatic carbocycles. The van der Waals surface area contributed by atoms with Crippen molar-refractivity contribution < 1.29 is 8.78 Å². The molecule has 0 radical (unpaired) electrons. The van der Waals surface area contributed by atoms with Gasteiger partial charge >= 0.3 is 5.69 Å². The number of hydrogen-bond acceptors (Lipinski definition) is 5.